The Balaban J connectivity index is 2.12. The molecule has 5 heteroatoms. The fourth-order valence-corrected chi connectivity index (χ4v) is 3.26. The second-order valence-electron chi connectivity index (χ2n) is 5.22. The SMILES string of the molecule is O=C(O)C1(c2ccc3c(Cl)[nH]nc3c2)CCCCC1. The average Bonchev–Trinajstić information content (AvgIpc) is 2.80. The summed E-state index contributed by atoms with van der Waals surface area (Å²) in [6, 6.07) is 5.59. The van der Waals surface area contributed by atoms with Crippen molar-refractivity contribution in [3.05, 3.63) is 28.9 Å². The molecule has 0 spiro atoms. The molecule has 2 aromatic rings. The summed E-state index contributed by atoms with van der Waals surface area (Å²) in [4.78, 5) is 11.8. The molecule has 1 heterocycles. The number of carbonyl (C=O) groups is 1. The number of aromatic nitrogens is 2. The molecular weight excluding hydrogens is 264 g/mol. The molecule has 19 heavy (non-hydrogen) atoms. The van der Waals surface area contributed by atoms with Gasteiger partial charge in [-0.25, -0.2) is 0 Å². The van der Waals surface area contributed by atoms with E-state index in [1.54, 1.807) is 0 Å². The maximum Gasteiger partial charge on any atom is 0.314 e. The molecule has 2 N–H and O–H groups in total. The maximum absolute atomic E-state index is 11.8. The number of benzene rings is 1. The van der Waals surface area contributed by atoms with Crippen molar-refractivity contribution in [3.8, 4) is 0 Å². The average molecular weight is 279 g/mol. The van der Waals surface area contributed by atoms with Gasteiger partial charge in [-0.15, -0.1) is 0 Å². The lowest BCUT2D eigenvalue weighted by atomic mass is 9.69. The summed E-state index contributed by atoms with van der Waals surface area (Å²) in [6.45, 7) is 0. The molecule has 1 aliphatic rings. The highest BCUT2D eigenvalue weighted by Gasteiger charge is 2.41. The number of hydrogen-bond acceptors (Lipinski definition) is 2. The number of nitrogens with one attached hydrogen (secondary N) is 1. The normalized spacial score (nSPS) is 18.6. The van der Waals surface area contributed by atoms with Crippen LogP contribution < -0.4 is 0 Å². The first-order valence-corrected chi connectivity index (χ1v) is 6.89. The Hall–Kier alpha value is -1.55. The standard InChI is InChI=1S/C14H15ClN2O2/c15-12-10-5-4-9(8-11(10)16-17-12)14(13(18)19)6-2-1-3-7-14/h4-5,8H,1-3,6-7H2,(H,16,17)(H,18,19). The highest BCUT2D eigenvalue weighted by atomic mass is 35.5. The van der Waals surface area contributed by atoms with E-state index in [0.717, 1.165) is 35.7 Å². The van der Waals surface area contributed by atoms with Crippen molar-refractivity contribution in [1.82, 2.24) is 10.2 Å². The largest absolute Gasteiger partial charge is 0.481 e. The zero-order valence-corrected chi connectivity index (χ0v) is 11.2. The van der Waals surface area contributed by atoms with Gasteiger partial charge in [0, 0.05) is 5.39 Å². The van der Waals surface area contributed by atoms with Crippen LogP contribution in [0.5, 0.6) is 0 Å². The highest BCUT2D eigenvalue weighted by molar-refractivity contribution is 6.34. The van der Waals surface area contributed by atoms with E-state index < -0.39 is 11.4 Å². The summed E-state index contributed by atoms with van der Waals surface area (Å²) in [5.41, 5.74) is 0.821. The van der Waals surface area contributed by atoms with E-state index >= 15 is 0 Å². The van der Waals surface area contributed by atoms with Crippen molar-refractivity contribution in [2.75, 3.05) is 0 Å². The number of fused-ring (bicyclic) bond motifs is 1. The van der Waals surface area contributed by atoms with Crippen LogP contribution in [0.3, 0.4) is 0 Å². The third kappa shape index (κ3) is 1.91. The Kier molecular flexibility index (Phi) is 2.97. The second-order valence-corrected chi connectivity index (χ2v) is 5.60. The Bertz CT molecular complexity index is 629. The lowest BCUT2D eigenvalue weighted by Crippen LogP contribution is -2.37. The lowest BCUT2D eigenvalue weighted by Gasteiger charge is -2.33. The summed E-state index contributed by atoms with van der Waals surface area (Å²) in [7, 11) is 0. The van der Waals surface area contributed by atoms with Gasteiger partial charge in [-0.2, -0.15) is 5.10 Å². The molecule has 0 bridgehead atoms. The predicted molar refractivity (Wildman–Crippen MR) is 73.5 cm³/mol. The van der Waals surface area contributed by atoms with Crippen molar-refractivity contribution in [2.24, 2.45) is 0 Å². The smallest absolute Gasteiger partial charge is 0.314 e. The van der Waals surface area contributed by atoms with E-state index in [9.17, 15) is 9.90 Å². The minimum Gasteiger partial charge on any atom is -0.481 e. The van der Waals surface area contributed by atoms with Crippen molar-refractivity contribution in [2.45, 2.75) is 37.5 Å². The molecule has 0 radical (unpaired) electrons. The zero-order valence-electron chi connectivity index (χ0n) is 10.4. The van der Waals surface area contributed by atoms with Gasteiger partial charge >= 0.3 is 5.97 Å². The molecule has 0 aliphatic heterocycles. The van der Waals surface area contributed by atoms with Crippen LogP contribution in [0.25, 0.3) is 10.9 Å². The topological polar surface area (TPSA) is 66.0 Å². The summed E-state index contributed by atoms with van der Waals surface area (Å²) in [5.74, 6) is -0.729. The van der Waals surface area contributed by atoms with Crippen molar-refractivity contribution in [3.63, 3.8) is 0 Å². The van der Waals surface area contributed by atoms with Crippen LogP contribution in [0.1, 0.15) is 37.7 Å². The quantitative estimate of drug-likeness (QED) is 0.883. The third-order valence-corrected chi connectivity index (χ3v) is 4.47. The molecular formula is C14H15ClN2O2. The zero-order chi connectivity index (χ0) is 13.5. The fraction of sp³-hybridized carbons (Fsp3) is 0.429. The van der Waals surface area contributed by atoms with E-state index in [1.165, 1.54) is 0 Å². The maximum atomic E-state index is 11.8. The minimum absolute atomic E-state index is 0.495. The number of aliphatic carboxylic acids is 1. The molecule has 0 unspecified atom stereocenters. The van der Waals surface area contributed by atoms with E-state index in [2.05, 4.69) is 10.2 Å². The van der Waals surface area contributed by atoms with Crippen LogP contribution in [0.15, 0.2) is 18.2 Å². The number of H-pyrrole nitrogens is 1. The first kappa shape index (κ1) is 12.5. The molecule has 1 aromatic carbocycles. The van der Waals surface area contributed by atoms with Crippen LogP contribution >= 0.6 is 11.6 Å². The Morgan fingerprint density at radius 2 is 2.05 bits per heavy atom. The molecule has 0 atom stereocenters. The van der Waals surface area contributed by atoms with Gasteiger partial charge < -0.3 is 5.11 Å². The van der Waals surface area contributed by atoms with Crippen LogP contribution in [0, 0.1) is 0 Å². The molecule has 1 saturated carbocycles. The van der Waals surface area contributed by atoms with Gasteiger partial charge in [-0.3, -0.25) is 9.89 Å². The number of halogens is 1. The fourth-order valence-electron chi connectivity index (χ4n) is 3.06. The van der Waals surface area contributed by atoms with Crippen LogP contribution in [0.4, 0.5) is 0 Å². The summed E-state index contributed by atoms with van der Waals surface area (Å²) < 4.78 is 0. The number of carboxylic acid groups (broad SMARTS) is 1. The van der Waals surface area contributed by atoms with Gasteiger partial charge in [0.25, 0.3) is 0 Å². The number of hydrogen-bond donors (Lipinski definition) is 2. The molecule has 1 fully saturated rings. The molecule has 100 valence electrons. The number of nitrogens with zero attached hydrogens (tertiary/aromatic N) is 1. The van der Waals surface area contributed by atoms with E-state index in [1.807, 2.05) is 18.2 Å². The lowest BCUT2D eigenvalue weighted by molar-refractivity contribution is -0.145. The van der Waals surface area contributed by atoms with Crippen LogP contribution in [-0.4, -0.2) is 21.3 Å². The van der Waals surface area contributed by atoms with Gasteiger partial charge in [-0.1, -0.05) is 36.9 Å². The molecule has 0 saturated heterocycles. The number of carboxylic acids is 1. The van der Waals surface area contributed by atoms with Gasteiger partial charge in [0.1, 0.15) is 5.15 Å². The van der Waals surface area contributed by atoms with Crippen LogP contribution in [-0.2, 0) is 10.2 Å². The summed E-state index contributed by atoms with van der Waals surface area (Å²) in [5, 5.41) is 17.8. The van der Waals surface area contributed by atoms with Gasteiger partial charge in [0.2, 0.25) is 0 Å². The summed E-state index contributed by atoms with van der Waals surface area (Å²) >= 11 is 5.97. The third-order valence-electron chi connectivity index (χ3n) is 4.18. The van der Waals surface area contributed by atoms with Crippen molar-refractivity contribution in [1.29, 1.82) is 0 Å². The Morgan fingerprint density at radius 1 is 1.32 bits per heavy atom. The number of rotatable bonds is 2. The van der Waals surface area contributed by atoms with Crippen molar-refractivity contribution >= 4 is 28.5 Å². The number of aromatic amines is 1. The highest BCUT2D eigenvalue weighted by Crippen LogP contribution is 2.40. The first-order valence-electron chi connectivity index (χ1n) is 6.51. The minimum atomic E-state index is -0.752. The monoisotopic (exact) mass is 278 g/mol. The Morgan fingerprint density at radius 3 is 2.74 bits per heavy atom. The molecule has 4 nitrogen and oxygen atoms in total. The molecule has 0 amide bonds. The second kappa shape index (κ2) is 4.53. The molecule has 3 rings (SSSR count). The molecule has 1 aromatic heterocycles. The van der Waals surface area contributed by atoms with E-state index in [-0.39, 0.29) is 0 Å². The van der Waals surface area contributed by atoms with Crippen LogP contribution in [0.2, 0.25) is 5.15 Å². The first-order chi connectivity index (χ1) is 9.13. The van der Waals surface area contributed by atoms with Crippen molar-refractivity contribution < 1.29 is 9.90 Å². The van der Waals surface area contributed by atoms with Gasteiger partial charge in [-0.05, 0) is 30.5 Å². The predicted octanol–water partition coefficient (Wildman–Crippen LogP) is 3.50. The van der Waals surface area contributed by atoms with Gasteiger partial charge in [0.15, 0.2) is 0 Å². The Labute approximate surface area is 115 Å². The van der Waals surface area contributed by atoms with E-state index in [0.29, 0.717) is 18.0 Å². The molecule has 1 aliphatic carbocycles. The van der Waals surface area contributed by atoms with E-state index in [4.69, 9.17) is 11.6 Å². The van der Waals surface area contributed by atoms with Gasteiger partial charge in [0.05, 0.1) is 10.9 Å². The summed E-state index contributed by atoms with van der Waals surface area (Å²) in [6.07, 6.45) is 4.45.